The Morgan fingerprint density at radius 3 is 3.11 bits per heavy atom. The Bertz CT molecular complexity index is 491. The predicted octanol–water partition coefficient (Wildman–Crippen LogP) is 2.49. The van der Waals surface area contributed by atoms with Crippen LogP contribution in [0.1, 0.15) is 12.5 Å². The smallest absolute Gasteiger partial charge is 0.243 e. The van der Waals surface area contributed by atoms with E-state index in [-0.39, 0.29) is 5.91 Å². The molecule has 0 bridgehead atoms. The van der Waals surface area contributed by atoms with Gasteiger partial charge in [-0.05, 0) is 25.0 Å². The first-order valence-electron chi connectivity index (χ1n) is 6.57. The topological polar surface area (TPSA) is 38.3 Å². The highest BCUT2D eigenvalue weighted by molar-refractivity contribution is 5.87. The first-order valence-corrected chi connectivity index (χ1v) is 6.57. The van der Waals surface area contributed by atoms with Gasteiger partial charge in [0.15, 0.2) is 0 Å². The first kappa shape index (κ1) is 13.4. The van der Waals surface area contributed by atoms with Crippen LogP contribution in [0.25, 0.3) is 0 Å². The van der Waals surface area contributed by atoms with Gasteiger partial charge in [0.1, 0.15) is 5.75 Å². The summed E-state index contributed by atoms with van der Waals surface area (Å²) >= 11 is 0. The standard InChI is InChI=1S/C16H19NO2/c1-2-3-4-9-16(18)17-11-13-10-14-7-5-6-8-15(14)19-12-13/h2-9,13H,10-12H2,1H3,(H,17,18)/b3-2+,9-4+. The Morgan fingerprint density at radius 2 is 2.26 bits per heavy atom. The molecule has 1 aromatic carbocycles. The van der Waals surface area contributed by atoms with E-state index in [4.69, 9.17) is 4.74 Å². The summed E-state index contributed by atoms with van der Waals surface area (Å²) < 4.78 is 5.69. The van der Waals surface area contributed by atoms with Crippen LogP contribution >= 0.6 is 0 Å². The van der Waals surface area contributed by atoms with Crippen molar-refractivity contribution in [1.82, 2.24) is 5.32 Å². The fourth-order valence-electron chi connectivity index (χ4n) is 2.08. The molecule has 2 rings (SSSR count). The molecule has 1 aliphatic heterocycles. The van der Waals surface area contributed by atoms with Crippen molar-refractivity contribution in [2.24, 2.45) is 5.92 Å². The van der Waals surface area contributed by atoms with Crippen LogP contribution in [0.2, 0.25) is 0 Å². The zero-order valence-electron chi connectivity index (χ0n) is 11.1. The number of nitrogens with one attached hydrogen (secondary N) is 1. The van der Waals surface area contributed by atoms with E-state index < -0.39 is 0 Å². The maximum atomic E-state index is 11.5. The van der Waals surface area contributed by atoms with Crippen molar-refractivity contribution in [3.63, 3.8) is 0 Å². The number of fused-ring (bicyclic) bond motifs is 1. The third-order valence-electron chi connectivity index (χ3n) is 3.07. The molecule has 19 heavy (non-hydrogen) atoms. The van der Waals surface area contributed by atoms with Crippen LogP contribution in [0.4, 0.5) is 0 Å². The summed E-state index contributed by atoms with van der Waals surface area (Å²) in [6.45, 7) is 3.22. The number of para-hydroxylation sites is 1. The zero-order chi connectivity index (χ0) is 13.5. The molecule has 1 atom stereocenters. The molecule has 3 heteroatoms. The van der Waals surface area contributed by atoms with Gasteiger partial charge in [-0.3, -0.25) is 4.79 Å². The molecule has 1 aliphatic rings. The van der Waals surface area contributed by atoms with Crippen molar-refractivity contribution in [2.75, 3.05) is 13.2 Å². The lowest BCUT2D eigenvalue weighted by Gasteiger charge is -2.25. The molecule has 0 saturated carbocycles. The van der Waals surface area contributed by atoms with Crippen LogP contribution in [0, 0.1) is 5.92 Å². The minimum absolute atomic E-state index is 0.0584. The SMILES string of the molecule is C/C=C/C=C/C(=O)NCC1COc2ccccc2C1. The van der Waals surface area contributed by atoms with Crippen molar-refractivity contribution >= 4 is 5.91 Å². The second-order valence-electron chi connectivity index (χ2n) is 4.62. The van der Waals surface area contributed by atoms with Crippen molar-refractivity contribution in [2.45, 2.75) is 13.3 Å². The number of hydrogen-bond acceptors (Lipinski definition) is 2. The van der Waals surface area contributed by atoms with E-state index in [1.807, 2.05) is 37.3 Å². The molecule has 0 saturated heterocycles. The third kappa shape index (κ3) is 3.98. The molecule has 0 aromatic heterocycles. The number of carbonyl (C=O) groups excluding carboxylic acids is 1. The van der Waals surface area contributed by atoms with Gasteiger partial charge in [-0.15, -0.1) is 0 Å². The average Bonchev–Trinajstić information content (AvgIpc) is 2.45. The van der Waals surface area contributed by atoms with E-state index in [0.717, 1.165) is 12.2 Å². The quantitative estimate of drug-likeness (QED) is 0.665. The Hall–Kier alpha value is -2.03. The highest BCUT2D eigenvalue weighted by Gasteiger charge is 2.19. The van der Waals surface area contributed by atoms with Gasteiger partial charge in [0.2, 0.25) is 5.91 Å². The van der Waals surface area contributed by atoms with Crippen LogP contribution in [0.15, 0.2) is 48.6 Å². The van der Waals surface area contributed by atoms with Gasteiger partial charge in [0.05, 0.1) is 6.61 Å². The van der Waals surface area contributed by atoms with Gasteiger partial charge < -0.3 is 10.1 Å². The van der Waals surface area contributed by atoms with Crippen LogP contribution in [-0.4, -0.2) is 19.1 Å². The Kier molecular flexibility index (Phi) is 4.78. The largest absolute Gasteiger partial charge is 0.493 e. The van der Waals surface area contributed by atoms with Gasteiger partial charge in [-0.1, -0.05) is 36.4 Å². The van der Waals surface area contributed by atoms with Gasteiger partial charge in [0.25, 0.3) is 0 Å². The van der Waals surface area contributed by atoms with Gasteiger partial charge in [0, 0.05) is 18.5 Å². The summed E-state index contributed by atoms with van der Waals surface area (Å²) in [6, 6.07) is 8.06. The van der Waals surface area contributed by atoms with E-state index in [2.05, 4.69) is 11.4 Å². The fraction of sp³-hybridized carbons (Fsp3) is 0.312. The Morgan fingerprint density at radius 1 is 1.42 bits per heavy atom. The lowest BCUT2D eigenvalue weighted by atomic mass is 9.97. The molecule has 0 spiro atoms. The molecule has 1 N–H and O–H groups in total. The molecule has 3 nitrogen and oxygen atoms in total. The molecular formula is C16H19NO2. The molecule has 100 valence electrons. The summed E-state index contributed by atoms with van der Waals surface area (Å²) in [4.78, 5) is 11.5. The van der Waals surface area contributed by atoms with Crippen molar-refractivity contribution in [1.29, 1.82) is 0 Å². The third-order valence-corrected chi connectivity index (χ3v) is 3.07. The lowest BCUT2D eigenvalue weighted by molar-refractivity contribution is -0.116. The number of amides is 1. The summed E-state index contributed by atoms with van der Waals surface area (Å²) in [5.41, 5.74) is 1.22. The zero-order valence-corrected chi connectivity index (χ0v) is 11.1. The van der Waals surface area contributed by atoms with Crippen LogP contribution in [0.3, 0.4) is 0 Å². The number of benzene rings is 1. The normalized spacial score (nSPS) is 18.3. The second kappa shape index (κ2) is 6.78. The molecule has 1 amide bonds. The minimum Gasteiger partial charge on any atom is -0.493 e. The Balaban J connectivity index is 1.81. The van der Waals surface area contributed by atoms with E-state index in [1.54, 1.807) is 6.08 Å². The predicted molar refractivity (Wildman–Crippen MR) is 76.1 cm³/mol. The maximum Gasteiger partial charge on any atom is 0.243 e. The monoisotopic (exact) mass is 257 g/mol. The minimum atomic E-state index is -0.0584. The van der Waals surface area contributed by atoms with E-state index in [9.17, 15) is 4.79 Å². The fourth-order valence-corrected chi connectivity index (χ4v) is 2.08. The van der Waals surface area contributed by atoms with Crippen LogP contribution in [-0.2, 0) is 11.2 Å². The number of allylic oxidation sites excluding steroid dienone is 3. The number of carbonyl (C=O) groups is 1. The van der Waals surface area contributed by atoms with Crippen molar-refractivity contribution in [3.8, 4) is 5.75 Å². The average molecular weight is 257 g/mol. The van der Waals surface area contributed by atoms with Crippen LogP contribution < -0.4 is 10.1 Å². The lowest BCUT2D eigenvalue weighted by Crippen LogP contribution is -2.33. The number of rotatable bonds is 4. The summed E-state index contributed by atoms with van der Waals surface area (Å²) in [5.74, 6) is 1.25. The highest BCUT2D eigenvalue weighted by atomic mass is 16.5. The van der Waals surface area contributed by atoms with Gasteiger partial charge in [-0.2, -0.15) is 0 Å². The van der Waals surface area contributed by atoms with E-state index >= 15 is 0 Å². The van der Waals surface area contributed by atoms with E-state index in [0.29, 0.717) is 19.1 Å². The van der Waals surface area contributed by atoms with Gasteiger partial charge >= 0.3 is 0 Å². The highest BCUT2D eigenvalue weighted by Crippen LogP contribution is 2.26. The molecule has 0 radical (unpaired) electrons. The summed E-state index contributed by atoms with van der Waals surface area (Å²) in [7, 11) is 0. The van der Waals surface area contributed by atoms with Crippen molar-refractivity contribution < 1.29 is 9.53 Å². The molecule has 0 fully saturated rings. The molecule has 0 aliphatic carbocycles. The number of ether oxygens (including phenoxy) is 1. The first-order chi connectivity index (χ1) is 9.29. The Labute approximate surface area is 114 Å². The molecule has 1 aromatic rings. The molecular weight excluding hydrogens is 238 g/mol. The van der Waals surface area contributed by atoms with E-state index in [1.165, 1.54) is 11.6 Å². The van der Waals surface area contributed by atoms with Crippen molar-refractivity contribution in [3.05, 3.63) is 54.1 Å². The molecule has 1 unspecified atom stereocenters. The summed E-state index contributed by atoms with van der Waals surface area (Å²) in [5, 5.41) is 2.90. The summed E-state index contributed by atoms with van der Waals surface area (Å²) in [6.07, 6.45) is 7.95. The van der Waals surface area contributed by atoms with Gasteiger partial charge in [-0.25, -0.2) is 0 Å². The maximum absolute atomic E-state index is 11.5. The number of hydrogen-bond donors (Lipinski definition) is 1. The second-order valence-corrected chi connectivity index (χ2v) is 4.62. The molecule has 1 heterocycles. The van der Waals surface area contributed by atoms with Crippen LogP contribution in [0.5, 0.6) is 5.75 Å².